The topological polar surface area (TPSA) is 75.9 Å². The number of amides is 2. The molecule has 3 rings (SSSR count). The average molecular weight is 399 g/mol. The van der Waals surface area contributed by atoms with Crippen molar-refractivity contribution in [3.63, 3.8) is 0 Å². The van der Waals surface area contributed by atoms with Crippen molar-refractivity contribution in [2.24, 2.45) is 11.7 Å². The number of rotatable bonds is 4. The zero-order chi connectivity index (χ0) is 20.3. The van der Waals surface area contributed by atoms with E-state index in [9.17, 15) is 22.8 Å². The molecule has 9 heteroatoms. The van der Waals surface area contributed by atoms with Crippen LogP contribution in [0.1, 0.15) is 32.1 Å². The lowest BCUT2D eigenvalue weighted by Crippen LogP contribution is -2.50. The second-order valence-corrected chi connectivity index (χ2v) is 7.30. The number of primary amides is 1. The van der Waals surface area contributed by atoms with E-state index in [-0.39, 0.29) is 29.5 Å². The van der Waals surface area contributed by atoms with Crippen molar-refractivity contribution in [2.75, 3.05) is 24.5 Å². The van der Waals surface area contributed by atoms with Gasteiger partial charge in [-0.25, -0.2) is 0 Å². The quantitative estimate of drug-likeness (QED) is 0.845. The molecule has 2 aliphatic heterocycles. The van der Waals surface area contributed by atoms with Crippen LogP contribution in [-0.4, -0.2) is 48.8 Å². The van der Waals surface area contributed by atoms with Crippen molar-refractivity contribution < 1.29 is 27.5 Å². The maximum Gasteiger partial charge on any atom is 0.573 e. The molecular formula is C19H24F3N3O3. The smallest absolute Gasteiger partial charge is 0.406 e. The second kappa shape index (κ2) is 8.28. The molecule has 0 bridgehead atoms. The van der Waals surface area contributed by atoms with Gasteiger partial charge in [0.1, 0.15) is 5.75 Å². The van der Waals surface area contributed by atoms with Gasteiger partial charge in [0.2, 0.25) is 11.8 Å². The van der Waals surface area contributed by atoms with Crippen LogP contribution in [-0.2, 0) is 9.59 Å². The minimum Gasteiger partial charge on any atom is -0.406 e. The van der Waals surface area contributed by atoms with Crippen molar-refractivity contribution in [1.29, 1.82) is 0 Å². The Kier molecular flexibility index (Phi) is 6.00. The average Bonchev–Trinajstić information content (AvgIpc) is 2.83. The molecule has 2 saturated heterocycles. The zero-order valence-corrected chi connectivity index (χ0v) is 15.5. The summed E-state index contributed by atoms with van der Waals surface area (Å²) in [5.74, 6) is -0.856. The Morgan fingerprint density at radius 2 is 1.82 bits per heavy atom. The van der Waals surface area contributed by atoms with Gasteiger partial charge in [0.05, 0.1) is 0 Å². The van der Waals surface area contributed by atoms with Crippen LogP contribution in [0.3, 0.4) is 0 Å². The van der Waals surface area contributed by atoms with E-state index in [2.05, 4.69) is 9.64 Å². The first-order valence-corrected chi connectivity index (χ1v) is 9.42. The Morgan fingerprint density at radius 1 is 1.11 bits per heavy atom. The van der Waals surface area contributed by atoms with E-state index >= 15 is 0 Å². The first kappa shape index (κ1) is 20.3. The first-order valence-electron chi connectivity index (χ1n) is 9.42. The molecule has 6 nitrogen and oxygen atoms in total. The number of benzene rings is 1. The number of likely N-dealkylation sites (tertiary alicyclic amines) is 1. The van der Waals surface area contributed by atoms with E-state index in [1.165, 1.54) is 12.1 Å². The number of alkyl halides is 3. The lowest BCUT2D eigenvalue weighted by atomic mass is 10.0. The van der Waals surface area contributed by atoms with Crippen LogP contribution in [0.5, 0.6) is 5.75 Å². The van der Waals surface area contributed by atoms with E-state index in [4.69, 9.17) is 5.73 Å². The van der Waals surface area contributed by atoms with Crippen LogP contribution >= 0.6 is 0 Å². The highest BCUT2D eigenvalue weighted by atomic mass is 19.4. The van der Waals surface area contributed by atoms with Crippen LogP contribution in [0, 0.1) is 5.92 Å². The lowest BCUT2D eigenvalue weighted by Gasteiger charge is -2.40. The Bertz CT molecular complexity index is 709. The number of hydrogen-bond acceptors (Lipinski definition) is 4. The van der Waals surface area contributed by atoms with Gasteiger partial charge in [-0.05, 0) is 49.9 Å². The van der Waals surface area contributed by atoms with Crippen LogP contribution in [0.4, 0.5) is 18.9 Å². The summed E-state index contributed by atoms with van der Waals surface area (Å²) in [7, 11) is 0. The van der Waals surface area contributed by atoms with Crippen molar-refractivity contribution >= 4 is 17.5 Å². The summed E-state index contributed by atoms with van der Waals surface area (Å²) in [5, 5.41) is 0. The fourth-order valence-electron chi connectivity index (χ4n) is 3.98. The molecule has 0 spiro atoms. The van der Waals surface area contributed by atoms with Gasteiger partial charge >= 0.3 is 6.36 Å². The predicted molar refractivity (Wildman–Crippen MR) is 96.6 cm³/mol. The molecule has 154 valence electrons. The lowest BCUT2D eigenvalue weighted by molar-refractivity contribution is -0.274. The van der Waals surface area contributed by atoms with Gasteiger partial charge in [0, 0.05) is 43.7 Å². The largest absolute Gasteiger partial charge is 0.573 e. The molecule has 2 aliphatic rings. The normalized spacial score (nSPS) is 24.0. The molecule has 0 aromatic heterocycles. The number of halogens is 3. The molecular weight excluding hydrogens is 375 g/mol. The van der Waals surface area contributed by atoms with Crippen molar-refractivity contribution in [3.05, 3.63) is 24.3 Å². The molecule has 1 aromatic carbocycles. The molecule has 2 amide bonds. The predicted octanol–water partition coefficient (Wildman–Crippen LogP) is 2.67. The zero-order valence-electron chi connectivity index (χ0n) is 15.5. The summed E-state index contributed by atoms with van der Waals surface area (Å²) in [4.78, 5) is 27.9. The number of nitrogens with two attached hydrogens (primary N) is 1. The highest BCUT2D eigenvalue weighted by Gasteiger charge is 2.33. The molecule has 2 heterocycles. The fourth-order valence-corrected chi connectivity index (χ4v) is 3.98. The third kappa shape index (κ3) is 5.08. The van der Waals surface area contributed by atoms with Crippen molar-refractivity contribution in [1.82, 2.24) is 4.90 Å². The molecule has 28 heavy (non-hydrogen) atoms. The number of carbonyl (C=O) groups is 2. The Labute approximate surface area is 161 Å². The molecule has 2 fully saturated rings. The molecule has 2 atom stereocenters. The highest BCUT2D eigenvalue weighted by molar-refractivity contribution is 5.81. The number of carbonyl (C=O) groups excluding carboxylic acids is 2. The van der Waals surface area contributed by atoms with Crippen LogP contribution in [0.15, 0.2) is 24.3 Å². The number of hydrogen-bond donors (Lipinski definition) is 1. The summed E-state index contributed by atoms with van der Waals surface area (Å²) in [6.45, 7) is 1.87. The number of ether oxygens (including phenoxy) is 1. The van der Waals surface area contributed by atoms with Gasteiger partial charge in [0.15, 0.2) is 0 Å². The van der Waals surface area contributed by atoms with Crippen LogP contribution < -0.4 is 15.4 Å². The molecule has 2 N–H and O–H groups in total. The van der Waals surface area contributed by atoms with Crippen LogP contribution in [0.25, 0.3) is 0 Å². The molecule has 0 radical (unpaired) electrons. The van der Waals surface area contributed by atoms with E-state index < -0.39 is 6.36 Å². The number of nitrogens with zero attached hydrogens (tertiary/aromatic N) is 2. The third-order valence-electron chi connectivity index (χ3n) is 5.42. The van der Waals surface area contributed by atoms with Crippen molar-refractivity contribution in [2.45, 2.75) is 44.5 Å². The monoisotopic (exact) mass is 399 g/mol. The van der Waals surface area contributed by atoms with Gasteiger partial charge < -0.3 is 20.3 Å². The Balaban J connectivity index is 1.65. The van der Waals surface area contributed by atoms with E-state index in [0.717, 1.165) is 25.1 Å². The highest BCUT2D eigenvalue weighted by Crippen LogP contribution is 2.29. The van der Waals surface area contributed by atoms with Gasteiger partial charge in [-0.15, -0.1) is 13.2 Å². The summed E-state index contributed by atoms with van der Waals surface area (Å²) in [6.07, 6.45) is -1.61. The molecule has 1 aromatic rings. The van der Waals surface area contributed by atoms with Gasteiger partial charge in [0.25, 0.3) is 0 Å². The standard InChI is InChI=1S/C19H24F3N3O3/c20-19(21,22)28-16-6-4-14(5-7-16)24-10-1-2-15(12-24)25-11-9-13(18(23)27)3-8-17(25)26/h4-7,13,15H,1-3,8-12H2,(H2,23,27)/t13?,15-/m0/s1. The van der Waals surface area contributed by atoms with Crippen LogP contribution in [0.2, 0.25) is 0 Å². The SMILES string of the molecule is NC(=O)C1CCC(=O)N([C@H]2CCCN(c3ccc(OC(F)(F)F)cc3)C2)CC1. The summed E-state index contributed by atoms with van der Waals surface area (Å²) in [6, 6.07) is 5.79. The summed E-state index contributed by atoms with van der Waals surface area (Å²) < 4.78 is 40.8. The maximum absolute atomic E-state index is 12.5. The molecule has 0 saturated carbocycles. The van der Waals surface area contributed by atoms with E-state index in [0.29, 0.717) is 32.4 Å². The Hall–Kier alpha value is -2.45. The number of piperidine rings is 1. The fraction of sp³-hybridized carbons (Fsp3) is 0.579. The summed E-state index contributed by atoms with van der Waals surface area (Å²) >= 11 is 0. The van der Waals surface area contributed by atoms with E-state index in [1.807, 2.05) is 4.90 Å². The van der Waals surface area contributed by atoms with Crippen molar-refractivity contribution in [3.8, 4) is 5.75 Å². The minimum atomic E-state index is -4.71. The third-order valence-corrected chi connectivity index (χ3v) is 5.42. The minimum absolute atomic E-state index is 0.0129. The van der Waals surface area contributed by atoms with Gasteiger partial charge in [-0.2, -0.15) is 0 Å². The molecule has 1 unspecified atom stereocenters. The molecule has 0 aliphatic carbocycles. The Morgan fingerprint density at radius 3 is 2.46 bits per heavy atom. The van der Waals surface area contributed by atoms with E-state index in [1.54, 1.807) is 12.1 Å². The second-order valence-electron chi connectivity index (χ2n) is 7.30. The first-order chi connectivity index (χ1) is 13.2. The van der Waals surface area contributed by atoms with Gasteiger partial charge in [-0.3, -0.25) is 9.59 Å². The van der Waals surface area contributed by atoms with Gasteiger partial charge in [-0.1, -0.05) is 0 Å². The summed E-state index contributed by atoms with van der Waals surface area (Å²) in [5.41, 5.74) is 6.19. The number of anilines is 1. The maximum atomic E-state index is 12.5.